The first-order valence-corrected chi connectivity index (χ1v) is 9.17. The molecule has 4 rings (SSSR count). The number of aromatic amines is 1. The SMILES string of the molecule is Cc1cnc(C2CCN(C(=O)c3cc4ccccc4[nH]3)CC2)n1CCO. The van der Waals surface area contributed by atoms with Crippen LogP contribution < -0.4 is 0 Å². The van der Waals surface area contributed by atoms with Crippen molar-refractivity contribution in [2.24, 2.45) is 0 Å². The Morgan fingerprint density at radius 1 is 1.31 bits per heavy atom. The molecule has 26 heavy (non-hydrogen) atoms. The number of H-pyrrole nitrogens is 1. The van der Waals surface area contributed by atoms with Gasteiger partial charge in [0.15, 0.2) is 0 Å². The number of nitrogens with zero attached hydrogens (tertiary/aromatic N) is 3. The van der Waals surface area contributed by atoms with E-state index in [9.17, 15) is 9.90 Å². The van der Waals surface area contributed by atoms with Crippen molar-refractivity contribution in [2.45, 2.75) is 32.2 Å². The van der Waals surface area contributed by atoms with Crippen LogP contribution in [0.2, 0.25) is 0 Å². The fourth-order valence-corrected chi connectivity index (χ4v) is 3.90. The first-order chi connectivity index (χ1) is 12.7. The zero-order valence-electron chi connectivity index (χ0n) is 15.0. The Kier molecular flexibility index (Phi) is 4.51. The number of hydrogen-bond acceptors (Lipinski definition) is 3. The lowest BCUT2D eigenvalue weighted by Crippen LogP contribution is -2.38. The molecule has 1 aliphatic heterocycles. The Labute approximate surface area is 152 Å². The molecule has 0 aliphatic carbocycles. The van der Waals surface area contributed by atoms with Crippen LogP contribution in [0.3, 0.4) is 0 Å². The Balaban J connectivity index is 1.45. The van der Waals surface area contributed by atoms with E-state index in [0.29, 0.717) is 18.2 Å². The fourth-order valence-electron chi connectivity index (χ4n) is 3.90. The van der Waals surface area contributed by atoms with Crippen LogP contribution in [0.5, 0.6) is 0 Å². The standard InChI is InChI=1S/C20H24N4O2/c1-14-13-21-19(24(14)10-11-25)15-6-8-23(9-7-15)20(26)18-12-16-4-2-3-5-17(16)22-18/h2-5,12-13,15,22,25H,6-11H2,1H3. The summed E-state index contributed by atoms with van der Waals surface area (Å²) in [6.07, 6.45) is 3.66. The monoisotopic (exact) mass is 352 g/mol. The lowest BCUT2D eigenvalue weighted by Gasteiger charge is -2.31. The number of benzene rings is 1. The van der Waals surface area contributed by atoms with Gasteiger partial charge in [0, 0.05) is 48.3 Å². The molecule has 0 saturated carbocycles. The van der Waals surface area contributed by atoms with E-state index >= 15 is 0 Å². The number of fused-ring (bicyclic) bond motifs is 1. The number of aliphatic hydroxyl groups excluding tert-OH is 1. The topological polar surface area (TPSA) is 74.2 Å². The number of piperidine rings is 1. The molecule has 6 heteroatoms. The summed E-state index contributed by atoms with van der Waals surface area (Å²) < 4.78 is 2.10. The summed E-state index contributed by atoms with van der Waals surface area (Å²) >= 11 is 0. The zero-order chi connectivity index (χ0) is 18.1. The largest absolute Gasteiger partial charge is 0.395 e. The smallest absolute Gasteiger partial charge is 0.270 e. The van der Waals surface area contributed by atoms with Gasteiger partial charge in [-0.15, -0.1) is 0 Å². The third kappa shape index (κ3) is 3.01. The van der Waals surface area contributed by atoms with Gasteiger partial charge in [0.1, 0.15) is 11.5 Å². The molecular formula is C20H24N4O2. The van der Waals surface area contributed by atoms with Gasteiger partial charge in [0.2, 0.25) is 0 Å². The molecular weight excluding hydrogens is 328 g/mol. The van der Waals surface area contributed by atoms with Gasteiger partial charge in [-0.05, 0) is 31.9 Å². The summed E-state index contributed by atoms with van der Waals surface area (Å²) in [5.74, 6) is 1.44. The van der Waals surface area contributed by atoms with Gasteiger partial charge in [-0.25, -0.2) is 4.98 Å². The van der Waals surface area contributed by atoms with Gasteiger partial charge >= 0.3 is 0 Å². The summed E-state index contributed by atoms with van der Waals surface area (Å²) in [7, 11) is 0. The maximum absolute atomic E-state index is 12.8. The van der Waals surface area contributed by atoms with Gasteiger partial charge in [-0.2, -0.15) is 0 Å². The molecule has 1 saturated heterocycles. The minimum Gasteiger partial charge on any atom is -0.395 e. The van der Waals surface area contributed by atoms with Crippen molar-refractivity contribution < 1.29 is 9.90 Å². The number of amides is 1. The number of carbonyl (C=O) groups excluding carboxylic acids is 1. The van der Waals surface area contributed by atoms with Crippen LogP contribution in [-0.2, 0) is 6.54 Å². The van der Waals surface area contributed by atoms with Gasteiger partial charge < -0.3 is 19.6 Å². The molecule has 3 aromatic rings. The number of para-hydroxylation sites is 1. The Morgan fingerprint density at radius 3 is 2.81 bits per heavy atom. The van der Waals surface area contributed by atoms with Crippen molar-refractivity contribution in [1.82, 2.24) is 19.4 Å². The van der Waals surface area contributed by atoms with Crippen LogP contribution in [-0.4, -0.2) is 50.1 Å². The van der Waals surface area contributed by atoms with E-state index in [4.69, 9.17) is 0 Å². The van der Waals surface area contributed by atoms with Gasteiger partial charge in [0.25, 0.3) is 5.91 Å². The number of aliphatic hydroxyl groups is 1. The van der Waals surface area contributed by atoms with E-state index in [2.05, 4.69) is 14.5 Å². The average Bonchev–Trinajstić information content (AvgIpc) is 3.26. The number of hydrogen-bond donors (Lipinski definition) is 2. The molecule has 0 unspecified atom stereocenters. The molecule has 1 aromatic carbocycles. The van der Waals surface area contributed by atoms with E-state index in [0.717, 1.165) is 48.4 Å². The number of aryl methyl sites for hydroxylation is 1. The second-order valence-electron chi connectivity index (χ2n) is 6.97. The van der Waals surface area contributed by atoms with Crippen LogP contribution in [0.25, 0.3) is 10.9 Å². The molecule has 6 nitrogen and oxygen atoms in total. The lowest BCUT2D eigenvalue weighted by atomic mass is 9.95. The molecule has 2 N–H and O–H groups in total. The molecule has 136 valence electrons. The zero-order valence-corrected chi connectivity index (χ0v) is 15.0. The van der Waals surface area contributed by atoms with Crippen molar-refractivity contribution in [3.63, 3.8) is 0 Å². The maximum Gasteiger partial charge on any atom is 0.270 e. The highest BCUT2D eigenvalue weighted by Gasteiger charge is 2.28. The van der Waals surface area contributed by atoms with Crippen LogP contribution in [0.15, 0.2) is 36.5 Å². The van der Waals surface area contributed by atoms with E-state index < -0.39 is 0 Å². The number of likely N-dealkylation sites (tertiary alicyclic amines) is 1. The summed E-state index contributed by atoms with van der Waals surface area (Å²) in [6.45, 7) is 4.16. The molecule has 1 fully saturated rings. The van der Waals surface area contributed by atoms with Crippen LogP contribution >= 0.6 is 0 Å². The molecule has 0 radical (unpaired) electrons. The molecule has 0 atom stereocenters. The highest BCUT2D eigenvalue weighted by molar-refractivity contribution is 5.98. The molecule has 0 bridgehead atoms. The number of rotatable bonds is 4. The van der Waals surface area contributed by atoms with Crippen LogP contribution in [0, 0.1) is 6.92 Å². The van der Waals surface area contributed by atoms with Crippen molar-refractivity contribution in [1.29, 1.82) is 0 Å². The van der Waals surface area contributed by atoms with E-state index in [1.54, 1.807) is 0 Å². The minimum atomic E-state index is 0.0644. The Hall–Kier alpha value is -2.60. The van der Waals surface area contributed by atoms with E-state index in [-0.39, 0.29) is 12.5 Å². The van der Waals surface area contributed by atoms with Crippen LogP contribution in [0.4, 0.5) is 0 Å². The number of nitrogens with one attached hydrogen (secondary N) is 1. The maximum atomic E-state index is 12.8. The molecule has 2 aromatic heterocycles. The average molecular weight is 352 g/mol. The van der Waals surface area contributed by atoms with Gasteiger partial charge in [0.05, 0.1) is 6.61 Å². The predicted molar refractivity (Wildman–Crippen MR) is 100 cm³/mol. The molecule has 1 amide bonds. The quantitative estimate of drug-likeness (QED) is 0.758. The second-order valence-corrected chi connectivity index (χ2v) is 6.97. The van der Waals surface area contributed by atoms with Gasteiger partial charge in [-0.1, -0.05) is 18.2 Å². The minimum absolute atomic E-state index is 0.0644. The van der Waals surface area contributed by atoms with E-state index in [1.165, 1.54) is 0 Å². The highest BCUT2D eigenvalue weighted by Crippen LogP contribution is 2.29. The van der Waals surface area contributed by atoms with Crippen molar-refractivity contribution in [2.75, 3.05) is 19.7 Å². The lowest BCUT2D eigenvalue weighted by molar-refractivity contribution is 0.0705. The first kappa shape index (κ1) is 16.8. The Bertz CT molecular complexity index is 886. The van der Waals surface area contributed by atoms with Crippen molar-refractivity contribution in [3.8, 4) is 0 Å². The number of imidazole rings is 1. The number of aromatic nitrogens is 3. The van der Waals surface area contributed by atoms with Crippen molar-refractivity contribution >= 4 is 16.8 Å². The summed E-state index contributed by atoms with van der Waals surface area (Å²) in [5, 5.41) is 10.3. The fraction of sp³-hybridized carbons (Fsp3) is 0.400. The summed E-state index contributed by atoms with van der Waals surface area (Å²) in [6, 6.07) is 9.88. The summed E-state index contributed by atoms with van der Waals surface area (Å²) in [5.41, 5.74) is 2.72. The van der Waals surface area contributed by atoms with Gasteiger partial charge in [-0.3, -0.25) is 4.79 Å². The van der Waals surface area contributed by atoms with Crippen LogP contribution in [0.1, 0.15) is 40.8 Å². The molecule has 1 aliphatic rings. The third-order valence-corrected chi connectivity index (χ3v) is 5.32. The predicted octanol–water partition coefficient (Wildman–Crippen LogP) is 2.68. The van der Waals surface area contributed by atoms with E-state index in [1.807, 2.05) is 48.4 Å². The number of carbonyl (C=O) groups is 1. The summed E-state index contributed by atoms with van der Waals surface area (Å²) in [4.78, 5) is 22.5. The molecule has 0 spiro atoms. The highest BCUT2D eigenvalue weighted by atomic mass is 16.3. The molecule has 3 heterocycles. The third-order valence-electron chi connectivity index (χ3n) is 5.32. The van der Waals surface area contributed by atoms with Crippen molar-refractivity contribution in [3.05, 3.63) is 53.7 Å². The second kappa shape index (κ2) is 6.96. The Morgan fingerprint density at radius 2 is 2.08 bits per heavy atom. The normalized spacial score (nSPS) is 15.7. The first-order valence-electron chi connectivity index (χ1n) is 9.17.